The molecule has 0 spiro atoms. The van der Waals surface area contributed by atoms with Crippen LogP contribution >= 0.6 is 15.9 Å². The lowest BCUT2D eigenvalue weighted by atomic mass is 9.87. The molecule has 0 aliphatic carbocycles. The van der Waals surface area contributed by atoms with Gasteiger partial charge in [-0.15, -0.1) is 0 Å². The molecular weight excluding hydrogens is 292 g/mol. The summed E-state index contributed by atoms with van der Waals surface area (Å²) >= 11 is 3.13. The first-order valence-electron chi connectivity index (χ1n) is 5.73. The Morgan fingerprint density at radius 3 is 2.28 bits per heavy atom. The number of aromatic nitrogens is 2. The van der Waals surface area contributed by atoms with Crippen molar-refractivity contribution in [1.82, 2.24) is 9.97 Å². The summed E-state index contributed by atoms with van der Waals surface area (Å²) < 4.78 is 0.442. The molecule has 0 bridgehead atoms. The molecule has 0 fully saturated rings. The van der Waals surface area contributed by atoms with Crippen molar-refractivity contribution in [3.05, 3.63) is 50.9 Å². The summed E-state index contributed by atoms with van der Waals surface area (Å²) in [6.07, 6.45) is 1.52. The highest BCUT2D eigenvalue weighted by molar-refractivity contribution is 9.10. The van der Waals surface area contributed by atoms with Gasteiger partial charge in [0.25, 0.3) is 5.56 Å². The Hall–Kier alpha value is -1.42. The van der Waals surface area contributed by atoms with Gasteiger partial charge in [-0.1, -0.05) is 45.0 Å². The van der Waals surface area contributed by atoms with Crippen molar-refractivity contribution in [1.29, 1.82) is 0 Å². The van der Waals surface area contributed by atoms with Crippen molar-refractivity contribution < 1.29 is 0 Å². The molecule has 0 amide bonds. The Bertz CT molecular complexity index is 609. The molecule has 1 aromatic heterocycles. The fourth-order valence-electron chi connectivity index (χ4n) is 1.65. The number of nitrogens with zero attached hydrogens (tertiary/aromatic N) is 1. The van der Waals surface area contributed by atoms with E-state index in [4.69, 9.17) is 0 Å². The van der Waals surface area contributed by atoms with Crippen LogP contribution in [-0.2, 0) is 5.41 Å². The lowest BCUT2D eigenvalue weighted by molar-refractivity contribution is 0.590. The normalized spacial score (nSPS) is 11.6. The average Bonchev–Trinajstić information content (AvgIpc) is 2.32. The van der Waals surface area contributed by atoms with Crippen molar-refractivity contribution >= 4 is 15.9 Å². The highest BCUT2D eigenvalue weighted by Crippen LogP contribution is 2.24. The Labute approximate surface area is 114 Å². The molecular formula is C14H15BrN2O. The van der Waals surface area contributed by atoms with Crippen LogP contribution in [0, 0.1) is 0 Å². The Morgan fingerprint density at radius 2 is 1.78 bits per heavy atom. The van der Waals surface area contributed by atoms with Crippen LogP contribution in [0.5, 0.6) is 0 Å². The summed E-state index contributed by atoms with van der Waals surface area (Å²) in [5, 5.41) is 0. The summed E-state index contributed by atoms with van der Waals surface area (Å²) in [4.78, 5) is 18.4. The molecule has 0 atom stereocenters. The number of nitrogens with one attached hydrogen (secondary N) is 1. The lowest BCUT2D eigenvalue weighted by Gasteiger charge is -2.19. The standard InChI is InChI=1S/C14H15BrN2O/c1-14(2,3)10-6-4-9(5-7-10)12-16-8-11(15)13(18)17-12/h4-8H,1-3H3,(H,16,17,18). The van der Waals surface area contributed by atoms with Crippen molar-refractivity contribution in [2.75, 3.05) is 0 Å². The Kier molecular flexibility index (Phi) is 3.39. The quantitative estimate of drug-likeness (QED) is 0.876. The smallest absolute Gasteiger partial charge is 0.265 e. The molecule has 0 saturated carbocycles. The third kappa shape index (κ3) is 2.70. The summed E-state index contributed by atoms with van der Waals surface area (Å²) in [5.74, 6) is 0.587. The van der Waals surface area contributed by atoms with Crippen LogP contribution in [0.3, 0.4) is 0 Å². The summed E-state index contributed by atoms with van der Waals surface area (Å²) in [7, 11) is 0. The van der Waals surface area contributed by atoms with Crippen LogP contribution in [0.15, 0.2) is 39.7 Å². The van der Waals surface area contributed by atoms with Crippen molar-refractivity contribution in [3.8, 4) is 11.4 Å². The zero-order valence-electron chi connectivity index (χ0n) is 10.6. The van der Waals surface area contributed by atoms with E-state index in [0.717, 1.165) is 5.56 Å². The highest BCUT2D eigenvalue weighted by atomic mass is 79.9. The third-order valence-corrected chi connectivity index (χ3v) is 3.35. The fourth-order valence-corrected chi connectivity index (χ4v) is 1.86. The minimum Gasteiger partial charge on any atom is -0.306 e. The van der Waals surface area contributed by atoms with Crippen LogP contribution < -0.4 is 5.56 Å². The van der Waals surface area contributed by atoms with Gasteiger partial charge in [0.05, 0.1) is 0 Å². The number of H-pyrrole nitrogens is 1. The van der Waals surface area contributed by atoms with Gasteiger partial charge in [-0.25, -0.2) is 4.98 Å². The first kappa shape index (κ1) is 13.0. The SMILES string of the molecule is CC(C)(C)c1ccc(-c2ncc(Br)c(=O)[nH]2)cc1. The summed E-state index contributed by atoms with van der Waals surface area (Å²) in [6, 6.07) is 8.09. The second kappa shape index (κ2) is 4.69. The molecule has 1 N–H and O–H groups in total. The number of hydrogen-bond acceptors (Lipinski definition) is 2. The average molecular weight is 307 g/mol. The molecule has 0 saturated heterocycles. The van der Waals surface area contributed by atoms with E-state index < -0.39 is 0 Å². The molecule has 2 rings (SSSR count). The summed E-state index contributed by atoms with van der Waals surface area (Å²) in [5.41, 5.74) is 2.12. The van der Waals surface area contributed by atoms with Gasteiger partial charge in [0.1, 0.15) is 10.3 Å². The highest BCUT2D eigenvalue weighted by Gasteiger charge is 2.13. The van der Waals surface area contributed by atoms with Crippen LogP contribution in [-0.4, -0.2) is 9.97 Å². The van der Waals surface area contributed by atoms with Gasteiger partial charge >= 0.3 is 0 Å². The predicted molar refractivity (Wildman–Crippen MR) is 76.7 cm³/mol. The minimum atomic E-state index is -0.167. The Balaban J connectivity index is 2.40. The van der Waals surface area contributed by atoms with Gasteiger partial charge in [-0.05, 0) is 26.9 Å². The molecule has 0 radical (unpaired) electrons. The second-order valence-corrected chi connectivity index (χ2v) is 6.09. The van der Waals surface area contributed by atoms with Crippen molar-refractivity contribution in [2.24, 2.45) is 0 Å². The van der Waals surface area contributed by atoms with Gasteiger partial charge in [0.2, 0.25) is 0 Å². The van der Waals surface area contributed by atoms with Gasteiger partial charge in [0.15, 0.2) is 0 Å². The fraction of sp³-hybridized carbons (Fsp3) is 0.286. The van der Waals surface area contributed by atoms with E-state index in [1.54, 1.807) is 0 Å². The molecule has 0 unspecified atom stereocenters. The molecule has 0 aliphatic heterocycles. The van der Waals surface area contributed by atoms with E-state index in [2.05, 4.69) is 58.8 Å². The van der Waals surface area contributed by atoms with Gasteiger partial charge in [0, 0.05) is 11.8 Å². The Morgan fingerprint density at radius 1 is 1.17 bits per heavy atom. The number of halogens is 1. The lowest BCUT2D eigenvalue weighted by Crippen LogP contribution is -2.11. The number of benzene rings is 1. The van der Waals surface area contributed by atoms with Gasteiger partial charge in [-0.2, -0.15) is 0 Å². The minimum absolute atomic E-state index is 0.124. The van der Waals surface area contributed by atoms with Crippen LogP contribution in [0.25, 0.3) is 11.4 Å². The van der Waals surface area contributed by atoms with E-state index in [1.165, 1.54) is 11.8 Å². The molecule has 1 heterocycles. The molecule has 18 heavy (non-hydrogen) atoms. The van der Waals surface area contributed by atoms with Crippen LogP contribution in [0.1, 0.15) is 26.3 Å². The predicted octanol–water partition coefficient (Wildman–Crippen LogP) is 3.50. The number of aromatic amines is 1. The van der Waals surface area contributed by atoms with Crippen LogP contribution in [0.4, 0.5) is 0 Å². The number of rotatable bonds is 1. The van der Waals surface area contributed by atoms with Crippen molar-refractivity contribution in [3.63, 3.8) is 0 Å². The number of hydrogen-bond donors (Lipinski definition) is 1. The molecule has 4 heteroatoms. The van der Waals surface area contributed by atoms with E-state index in [0.29, 0.717) is 10.3 Å². The topological polar surface area (TPSA) is 45.8 Å². The van der Waals surface area contributed by atoms with Crippen LogP contribution in [0.2, 0.25) is 0 Å². The first-order valence-corrected chi connectivity index (χ1v) is 6.53. The maximum Gasteiger partial charge on any atom is 0.265 e. The maximum atomic E-state index is 11.5. The van der Waals surface area contributed by atoms with Gasteiger partial charge in [-0.3, -0.25) is 4.79 Å². The second-order valence-electron chi connectivity index (χ2n) is 5.24. The summed E-state index contributed by atoms with van der Waals surface area (Å²) in [6.45, 7) is 6.51. The molecule has 2 aromatic rings. The third-order valence-electron chi connectivity index (χ3n) is 2.78. The van der Waals surface area contributed by atoms with E-state index >= 15 is 0 Å². The largest absolute Gasteiger partial charge is 0.306 e. The molecule has 0 aliphatic rings. The molecule has 1 aromatic carbocycles. The molecule has 94 valence electrons. The maximum absolute atomic E-state index is 11.5. The zero-order valence-corrected chi connectivity index (χ0v) is 12.2. The van der Waals surface area contributed by atoms with E-state index in [9.17, 15) is 4.79 Å². The van der Waals surface area contributed by atoms with E-state index in [-0.39, 0.29) is 11.0 Å². The van der Waals surface area contributed by atoms with E-state index in [1.807, 2.05) is 12.1 Å². The molecule has 3 nitrogen and oxygen atoms in total. The zero-order chi connectivity index (χ0) is 13.3. The van der Waals surface area contributed by atoms with Crippen molar-refractivity contribution in [2.45, 2.75) is 26.2 Å². The van der Waals surface area contributed by atoms with Gasteiger partial charge < -0.3 is 4.98 Å². The first-order chi connectivity index (χ1) is 8.38. The monoisotopic (exact) mass is 306 g/mol.